The molecule has 1 aliphatic rings. The summed E-state index contributed by atoms with van der Waals surface area (Å²) >= 11 is 1.44. The lowest BCUT2D eigenvalue weighted by Crippen LogP contribution is -2.40. The van der Waals surface area contributed by atoms with E-state index in [9.17, 15) is 4.79 Å². The van der Waals surface area contributed by atoms with Crippen molar-refractivity contribution in [3.05, 3.63) is 54.4 Å². The van der Waals surface area contributed by atoms with Crippen molar-refractivity contribution >= 4 is 23.4 Å². The zero-order valence-electron chi connectivity index (χ0n) is 17.2. The van der Waals surface area contributed by atoms with Crippen molar-refractivity contribution in [2.24, 2.45) is 0 Å². The van der Waals surface area contributed by atoms with Gasteiger partial charge in [-0.05, 0) is 43.5 Å². The van der Waals surface area contributed by atoms with Crippen LogP contribution in [0, 0.1) is 0 Å². The second-order valence-corrected chi connectivity index (χ2v) is 8.48. The highest BCUT2D eigenvalue weighted by Gasteiger charge is 2.28. The van der Waals surface area contributed by atoms with E-state index in [1.165, 1.54) is 17.3 Å². The summed E-state index contributed by atoms with van der Waals surface area (Å²) in [5, 5.41) is 9.20. The van der Waals surface area contributed by atoms with E-state index in [0.717, 1.165) is 36.5 Å². The van der Waals surface area contributed by atoms with Gasteiger partial charge in [0.2, 0.25) is 5.91 Å². The van der Waals surface area contributed by atoms with Crippen LogP contribution in [0.25, 0.3) is 11.4 Å². The number of carbonyl (C=O) groups excluding carboxylic acids is 1. The minimum Gasteiger partial charge on any atom is -0.383 e. The molecule has 0 N–H and O–H groups in total. The number of hydrogen-bond acceptors (Lipinski definition) is 6. The molecule has 156 valence electrons. The number of methoxy groups -OCH3 is 1. The second-order valence-electron chi connectivity index (χ2n) is 7.17. The van der Waals surface area contributed by atoms with Crippen LogP contribution in [0.5, 0.6) is 0 Å². The van der Waals surface area contributed by atoms with Crippen LogP contribution < -0.4 is 4.90 Å². The number of ether oxygens (including phenoxy) is 1. The SMILES string of the molecule is COCCn1c(SC(C)C(=O)N2CCCc3ccccc32)nnc1-c1ccncc1. The Morgan fingerprint density at radius 2 is 2.00 bits per heavy atom. The molecule has 1 aromatic carbocycles. The molecule has 1 atom stereocenters. The summed E-state index contributed by atoms with van der Waals surface area (Å²) < 4.78 is 7.29. The van der Waals surface area contributed by atoms with Crippen LogP contribution in [0.4, 0.5) is 5.69 Å². The number of aryl methyl sites for hydroxylation is 1. The Labute approximate surface area is 180 Å². The number of aromatic nitrogens is 4. The summed E-state index contributed by atoms with van der Waals surface area (Å²) in [6, 6.07) is 12.0. The maximum absolute atomic E-state index is 13.3. The van der Waals surface area contributed by atoms with E-state index in [-0.39, 0.29) is 11.2 Å². The van der Waals surface area contributed by atoms with Crippen LogP contribution in [0.15, 0.2) is 53.9 Å². The standard InChI is InChI=1S/C22H25N5O2S/c1-16(21(28)26-13-5-7-17-6-3-4-8-19(17)26)30-22-25-24-20(27(22)14-15-29-2)18-9-11-23-12-10-18/h3-4,6,8-12,16H,5,7,13-15H2,1-2H3. The third-order valence-electron chi connectivity index (χ3n) is 5.18. The third-order valence-corrected chi connectivity index (χ3v) is 6.25. The van der Waals surface area contributed by atoms with Gasteiger partial charge in [-0.15, -0.1) is 10.2 Å². The topological polar surface area (TPSA) is 73.1 Å². The fourth-order valence-electron chi connectivity index (χ4n) is 3.67. The number of rotatable bonds is 7. The zero-order chi connectivity index (χ0) is 20.9. The molecular weight excluding hydrogens is 398 g/mol. The van der Waals surface area contributed by atoms with Gasteiger partial charge in [0.1, 0.15) is 0 Å². The molecule has 30 heavy (non-hydrogen) atoms. The van der Waals surface area contributed by atoms with E-state index in [1.54, 1.807) is 19.5 Å². The van der Waals surface area contributed by atoms with E-state index in [2.05, 4.69) is 21.2 Å². The highest BCUT2D eigenvalue weighted by Crippen LogP contribution is 2.31. The van der Waals surface area contributed by atoms with Crippen molar-refractivity contribution in [2.75, 3.05) is 25.2 Å². The van der Waals surface area contributed by atoms with Crippen molar-refractivity contribution in [3.63, 3.8) is 0 Å². The molecule has 1 amide bonds. The van der Waals surface area contributed by atoms with Crippen LogP contribution in [-0.4, -0.2) is 51.2 Å². The highest BCUT2D eigenvalue weighted by atomic mass is 32.2. The van der Waals surface area contributed by atoms with Gasteiger partial charge in [-0.3, -0.25) is 14.3 Å². The number of hydrogen-bond donors (Lipinski definition) is 0. The number of carbonyl (C=O) groups is 1. The summed E-state index contributed by atoms with van der Waals surface area (Å²) in [5.41, 5.74) is 3.20. The lowest BCUT2D eigenvalue weighted by atomic mass is 10.0. The van der Waals surface area contributed by atoms with Gasteiger partial charge < -0.3 is 9.64 Å². The van der Waals surface area contributed by atoms with Gasteiger partial charge in [0.15, 0.2) is 11.0 Å². The molecule has 7 nitrogen and oxygen atoms in total. The number of thioether (sulfide) groups is 1. The lowest BCUT2D eigenvalue weighted by Gasteiger charge is -2.31. The maximum atomic E-state index is 13.3. The molecule has 0 radical (unpaired) electrons. The smallest absolute Gasteiger partial charge is 0.240 e. The van der Waals surface area contributed by atoms with Gasteiger partial charge in [0.25, 0.3) is 0 Å². The van der Waals surface area contributed by atoms with Crippen LogP contribution in [-0.2, 0) is 22.5 Å². The molecule has 4 rings (SSSR count). The summed E-state index contributed by atoms with van der Waals surface area (Å²) in [5.74, 6) is 0.846. The Bertz CT molecular complexity index is 1010. The molecule has 1 aliphatic heterocycles. The second kappa shape index (κ2) is 9.40. The molecule has 2 aromatic heterocycles. The first-order valence-electron chi connectivity index (χ1n) is 10.1. The molecule has 0 aliphatic carbocycles. The molecule has 3 heterocycles. The van der Waals surface area contributed by atoms with Crippen molar-refractivity contribution in [2.45, 2.75) is 36.7 Å². The Morgan fingerprint density at radius 3 is 2.80 bits per heavy atom. The van der Waals surface area contributed by atoms with Gasteiger partial charge in [0, 0.05) is 37.3 Å². The monoisotopic (exact) mass is 423 g/mol. The number of amides is 1. The van der Waals surface area contributed by atoms with Gasteiger partial charge in [-0.2, -0.15) is 0 Å². The molecule has 0 bridgehead atoms. The average Bonchev–Trinajstić information content (AvgIpc) is 3.19. The van der Waals surface area contributed by atoms with Crippen LogP contribution in [0.3, 0.4) is 0 Å². The third kappa shape index (κ3) is 4.24. The van der Waals surface area contributed by atoms with Gasteiger partial charge >= 0.3 is 0 Å². The summed E-state index contributed by atoms with van der Waals surface area (Å²) in [4.78, 5) is 19.3. The lowest BCUT2D eigenvalue weighted by molar-refractivity contribution is -0.117. The predicted octanol–water partition coefficient (Wildman–Crippen LogP) is 3.45. The molecule has 0 saturated carbocycles. The fourth-order valence-corrected chi connectivity index (χ4v) is 4.60. The van der Waals surface area contributed by atoms with Crippen LogP contribution in [0.2, 0.25) is 0 Å². The molecule has 3 aromatic rings. The normalized spacial score (nSPS) is 14.4. The van der Waals surface area contributed by atoms with Crippen molar-refractivity contribution in [3.8, 4) is 11.4 Å². The van der Waals surface area contributed by atoms with Gasteiger partial charge in [0.05, 0.1) is 18.4 Å². The Kier molecular flexibility index (Phi) is 6.44. The van der Waals surface area contributed by atoms with Crippen molar-refractivity contribution in [1.29, 1.82) is 0 Å². The summed E-state index contributed by atoms with van der Waals surface area (Å²) in [7, 11) is 1.67. The zero-order valence-corrected chi connectivity index (χ0v) is 18.0. The van der Waals surface area contributed by atoms with E-state index in [1.807, 2.05) is 46.7 Å². The number of para-hydroxylation sites is 1. The van der Waals surface area contributed by atoms with Gasteiger partial charge in [-0.1, -0.05) is 30.0 Å². The summed E-state index contributed by atoms with van der Waals surface area (Å²) in [6.45, 7) is 3.83. The minimum atomic E-state index is -0.285. The highest BCUT2D eigenvalue weighted by molar-refractivity contribution is 8.00. The predicted molar refractivity (Wildman–Crippen MR) is 118 cm³/mol. The molecule has 0 saturated heterocycles. The average molecular weight is 424 g/mol. The van der Waals surface area contributed by atoms with Gasteiger partial charge in [-0.25, -0.2) is 0 Å². The van der Waals surface area contributed by atoms with E-state index < -0.39 is 0 Å². The number of anilines is 1. The first-order chi connectivity index (χ1) is 14.7. The fraction of sp³-hybridized carbons (Fsp3) is 0.364. The largest absolute Gasteiger partial charge is 0.383 e. The first kappa shape index (κ1) is 20.6. The van der Waals surface area contributed by atoms with E-state index in [0.29, 0.717) is 18.3 Å². The summed E-state index contributed by atoms with van der Waals surface area (Å²) in [6.07, 6.45) is 5.47. The first-order valence-corrected chi connectivity index (χ1v) is 11.0. The maximum Gasteiger partial charge on any atom is 0.240 e. The molecule has 0 spiro atoms. The Hall–Kier alpha value is -2.71. The molecular formula is C22H25N5O2S. The van der Waals surface area contributed by atoms with Crippen molar-refractivity contribution in [1.82, 2.24) is 19.7 Å². The minimum absolute atomic E-state index is 0.0962. The molecule has 1 unspecified atom stereocenters. The number of pyridine rings is 1. The van der Waals surface area contributed by atoms with Crippen molar-refractivity contribution < 1.29 is 9.53 Å². The molecule has 8 heteroatoms. The molecule has 0 fully saturated rings. The Morgan fingerprint density at radius 1 is 1.20 bits per heavy atom. The quantitative estimate of drug-likeness (QED) is 0.542. The number of fused-ring (bicyclic) bond motifs is 1. The van der Waals surface area contributed by atoms with E-state index in [4.69, 9.17) is 4.74 Å². The van der Waals surface area contributed by atoms with E-state index >= 15 is 0 Å². The Balaban J connectivity index is 1.57. The van der Waals surface area contributed by atoms with Crippen LogP contribution >= 0.6 is 11.8 Å². The number of nitrogens with zero attached hydrogens (tertiary/aromatic N) is 5. The number of benzene rings is 1. The van der Waals surface area contributed by atoms with Crippen LogP contribution in [0.1, 0.15) is 18.9 Å².